The van der Waals surface area contributed by atoms with E-state index in [-0.39, 0.29) is 6.54 Å². The van der Waals surface area contributed by atoms with E-state index in [4.69, 9.17) is 15.5 Å². The van der Waals surface area contributed by atoms with Gasteiger partial charge in [-0.2, -0.15) is 0 Å². The fourth-order valence-electron chi connectivity index (χ4n) is 0.137. The van der Waals surface area contributed by atoms with Crippen LogP contribution in [0.15, 0.2) is 0 Å². The molecule has 0 aromatic carbocycles. The fourth-order valence-corrected chi connectivity index (χ4v) is 0.412. The molecule has 0 saturated carbocycles. The van der Waals surface area contributed by atoms with Gasteiger partial charge in [0.15, 0.2) is 0 Å². The third-order valence-electron chi connectivity index (χ3n) is 0.915. The van der Waals surface area contributed by atoms with Crippen molar-refractivity contribution in [3.05, 3.63) is 0 Å². The number of hydrogen-bond acceptors (Lipinski definition) is 2. The second-order valence-electron chi connectivity index (χ2n) is 1.67. The summed E-state index contributed by atoms with van der Waals surface area (Å²) in [7, 11) is -3.88. The number of nitrogens with two attached hydrogens (primary N) is 1. The van der Waals surface area contributed by atoms with E-state index < -0.39 is 13.3 Å². The minimum atomic E-state index is -3.88. The van der Waals surface area contributed by atoms with Crippen molar-refractivity contribution in [2.24, 2.45) is 5.73 Å². The summed E-state index contributed by atoms with van der Waals surface area (Å²) in [6, 6.07) is 0. The van der Waals surface area contributed by atoms with Gasteiger partial charge in [-0.05, 0) is 6.92 Å². The van der Waals surface area contributed by atoms with Gasteiger partial charge in [0.05, 0.1) is 5.66 Å². The summed E-state index contributed by atoms with van der Waals surface area (Å²) >= 11 is 0. The van der Waals surface area contributed by atoms with Gasteiger partial charge >= 0.3 is 7.60 Å². The Bertz CT molecular complexity index is 109. The van der Waals surface area contributed by atoms with Crippen molar-refractivity contribution in [3.63, 3.8) is 0 Å². The molecule has 0 radical (unpaired) electrons. The summed E-state index contributed by atoms with van der Waals surface area (Å²) in [6.45, 7) is 1.45. The molecule has 0 spiro atoms. The second-order valence-corrected chi connectivity index (χ2v) is 3.73. The zero-order valence-electron chi connectivity index (χ0n) is 4.61. The monoisotopic (exact) mass is 139 g/mol. The molecule has 0 aromatic rings. The molecule has 1 atom stereocenters. The van der Waals surface area contributed by atoms with Crippen molar-refractivity contribution < 1.29 is 14.4 Å². The minimum Gasteiger partial charge on any atom is -0.330 e. The molecule has 0 saturated heterocycles. The van der Waals surface area contributed by atoms with Crippen molar-refractivity contribution in [3.8, 4) is 0 Å². The molecule has 5 heteroatoms. The van der Waals surface area contributed by atoms with Crippen LogP contribution in [-0.4, -0.2) is 22.0 Å². The van der Waals surface area contributed by atoms with Crippen molar-refractivity contribution in [1.82, 2.24) is 0 Å². The molecule has 0 heterocycles. The maximum Gasteiger partial charge on any atom is 0.329 e. The Balaban J connectivity index is 3.82. The minimum absolute atomic E-state index is 0.0320. The molecule has 0 bridgehead atoms. The molecular formula is C3H10NO3P. The summed E-state index contributed by atoms with van der Waals surface area (Å²) in [5.41, 5.74) is 4.26. The van der Waals surface area contributed by atoms with Crippen LogP contribution in [0.2, 0.25) is 0 Å². The number of hydrogen-bond donors (Lipinski definition) is 3. The number of rotatable bonds is 2. The average molecular weight is 139 g/mol. The van der Waals surface area contributed by atoms with Crippen LogP contribution in [0.1, 0.15) is 6.92 Å². The molecule has 0 aliphatic rings. The first kappa shape index (κ1) is 8.11. The van der Waals surface area contributed by atoms with Gasteiger partial charge in [-0.3, -0.25) is 4.57 Å². The highest BCUT2D eigenvalue weighted by molar-refractivity contribution is 7.52. The Hall–Kier alpha value is 0.110. The van der Waals surface area contributed by atoms with E-state index in [9.17, 15) is 4.57 Å². The van der Waals surface area contributed by atoms with Gasteiger partial charge in [-0.25, -0.2) is 0 Å². The first-order chi connectivity index (χ1) is 3.48. The molecule has 0 rings (SSSR count). The van der Waals surface area contributed by atoms with E-state index in [1.165, 1.54) is 6.92 Å². The van der Waals surface area contributed by atoms with Crippen LogP contribution in [0.5, 0.6) is 0 Å². The predicted octanol–water partition coefficient (Wildman–Crippen LogP) is -0.489. The molecule has 0 aliphatic carbocycles. The molecule has 0 fully saturated rings. The van der Waals surface area contributed by atoms with Crippen molar-refractivity contribution in [2.45, 2.75) is 12.6 Å². The Morgan fingerprint density at radius 1 is 1.75 bits per heavy atom. The first-order valence-corrected chi connectivity index (χ1v) is 3.92. The molecule has 4 N–H and O–H groups in total. The van der Waals surface area contributed by atoms with E-state index in [0.29, 0.717) is 0 Å². The van der Waals surface area contributed by atoms with Crippen molar-refractivity contribution in [1.29, 1.82) is 0 Å². The standard InChI is InChI=1S/C3H10NO3P/c1-3(2-4)8(5,6)7/h3H,2,4H2,1H3,(H2,5,6,7). The lowest BCUT2D eigenvalue weighted by atomic mass is 10.5. The Kier molecular flexibility index (Phi) is 2.63. The smallest absolute Gasteiger partial charge is 0.329 e. The molecule has 0 aromatic heterocycles. The largest absolute Gasteiger partial charge is 0.330 e. The van der Waals surface area contributed by atoms with Crippen LogP contribution in [-0.2, 0) is 4.57 Å². The quantitative estimate of drug-likeness (QED) is 0.451. The zero-order chi connectivity index (χ0) is 6.78. The maximum absolute atomic E-state index is 10.2. The Morgan fingerprint density at radius 3 is 2.12 bits per heavy atom. The van der Waals surface area contributed by atoms with E-state index in [1.807, 2.05) is 0 Å². The summed E-state index contributed by atoms with van der Waals surface area (Å²) < 4.78 is 10.2. The fraction of sp³-hybridized carbons (Fsp3) is 1.00. The van der Waals surface area contributed by atoms with Crippen LogP contribution in [0.3, 0.4) is 0 Å². The molecule has 4 nitrogen and oxygen atoms in total. The first-order valence-electron chi connectivity index (χ1n) is 2.23. The lowest BCUT2D eigenvalue weighted by Gasteiger charge is -2.08. The molecule has 8 heavy (non-hydrogen) atoms. The second kappa shape index (κ2) is 2.60. The highest BCUT2D eigenvalue weighted by atomic mass is 31.2. The van der Waals surface area contributed by atoms with Gasteiger partial charge in [0.1, 0.15) is 0 Å². The third kappa shape index (κ3) is 2.43. The zero-order valence-corrected chi connectivity index (χ0v) is 5.51. The summed E-state index contributed by atoms with van der Waals surface area (Å²) in [6.07, 6.45) is 0. The lowest BCUT2D eigenvalue weighted by Crippen LogP contribution is -2.16. The van der Waals surface area contributed by atoms with Crippen molar-refractivity contribution >= 4 is 7.60 Å². The molecule has 1 unspecified atom stereocenters. The van der Waals surface area contributed by atoms with Crippen LogP contribution in [0.4, 0.5) is 0 Å². The topological polar surface area (TPSA) is 83.6 Å². The van der Waals surface area contributed by atoms with Gasteiger partial charge < -0.3 is 15.5 Å². The van der Waals surface area contributed by atoms with Gasteiger partial charge in [-0.1, -0.05) is 0 Å². The van der Waals surface area contributed by atoms with Gasteiger partial charge in [-0.15, -0.1) is 0 Å². The van der Waals surface area contributed by atoms with Crippen LogP contribution in [0.25, 0.3) is 0 Å². The molecule has 0 amide bonds. The van der Waals surface area contributed by atoms with E-state index in [0.717, 1.165) is 0 Å². The average Bonchev–Trinajstić information content (AvgIpc) is 1.62. The molecule has 50 valence electrons. The predicted molar refractivity (Wildman–Crippen MR) is 30.6 cm³/mol. The van der Waals surface area contributed by atoms with Gasteiger partial charge in [0, 0.05) is 6.54 Å². The highest BCUT2D eigenvalue weighted by Gasteiger charge is 2.21. The SMILES string of the molecule is CC(CN)P(=O)(O)O. The van der Waals surface area contributed by atoms with Gasteiger partial charge in [0.2, 0.25) is 0 Å². The third-order valence-corrected chi connectivity index (χ3v) is 2.27. The van der Waals surface area contributed by atoms with Crippen molar-refractivity contribution in [2.75, 3.05) is 6.54 Å². The summed E-state index contributed by atoms with van der Waals surface area (Å²) in [5, 5.41) is 0. The maximum atomic E-state index is 10.2. The lowest BCUT2D eigenvalue weighted by molar-refractivity contribution is 0.361. The van der Waals surface area contributed by atoms with E-state index in [1.54, 1.807) is 0 Å². The van der Waals surface area contributed by atoms with Crippen LogP contribution < -0.4 is 5.73 Å². The molecular weight excluding hydrogens is 129 g/mol. The van der Waals surface area contributed by atoms with E-state index in [2.05, 4.69) is 0 Å². The van der Waals surface area contributed by atoms with E-state index >= 15 is 0 Å². The summed E-state index contributed by atoms with van der Waals surface area (Å²) in [4.78, 5) is 16.6. The Morgan fingerprint density at radius 2 is 2.12 bits per heavy atom. The van der Waals surface area contributed by atoms with Gasteiger partial charge in [0.25, 0.3) is 0 Å². The molecule has 0 aliphatic heterocycles. The summed E-state index contributed by atoms with van der Waals surface area (Å²) in [5.74, 6) is 0. The normalized spacial score (nSPS) is 16.0. The van der Waals surface area contributed by atoms with Crippen LogP contribution >= 0.6 is 7.60 Å². The Labute approximate surface area is 47.9 Å². The highest BCUT2D eigenvalue weighted by Crippen LogP contribution is 2.39. The van der Waals surface area contributed by atoms with Crippen LogP contribution in [0, 0.1) is 0 Å².